The number of nitrogens with one attached hydrogen (secondary N) is 1. The molecule has 1 N–H and O–H groups in total. The summed E-state index contributed by atoms with van der Waals surface area (Å²) in [6, 6.07) is 0.758. The van der Waals surface area contributed by atoms with Crippen LogP contribution in [0, 0.1) is 5.92 Å². The van der Waals surface area contributed by atoms with Gasteiger partial charge in [0.2, 0.25) is 0 Å². The fourth-order valence-electron chi connectivity index (χ4n) is 3.91. The Kier molecular flexibility index (Phi) is 6.51. The Morgan fingerprint density at radius 2 is 1.71 bits per heavy atom. The topological polar surface area (TPSA) is 18.5 Å². The summed E-state index contributed by atoms with van der Waals surface area (Å²) < 4.78 is 0. The predicted molar refractivity (Wildman–Crippen MR) is 91.8 cm³/mol. The van der Waals surface area contributed by atoms with Crippen molar-refractivity contribution in [3.63, 3.8) is 0 Å². The fraction of sp³-hybridized carbons (Fsp3) is 1.00. The highest BCUT2D eigenvalue weighted by Gasteiger charge is 2.29. The first-order valence-electron chi connectivity index (χ1n) is 9.18. The van der Waals surface area contributed by atoms with E-state index in [2.05, 4.69) is 42.9 Å². The zero-order valence-corrected chi connectivity index (χ0v) is 14.8. The van der Waals surface area contributed by atoms with Gasteiger partial charge in [0.05, 0.1) is 0 Å². The summed E-state index contributed by atoms with van der Waals surface area (Å²) in [5.74, 6) is 0.988. The van der Waals surface area contributed by atoms with Crippen LogP contribution in [-0.4, -0.2) is 61.2 Å². The SMILES string of the molecule is CCC1CCCC(NCC(C)(C)N2CCN(C)CC2)CC1. The molecule has 0 aromatic heterocycles. The van der Waals surface area contributed by atoms with Crippen LogP contribution in [0.25, 0.3) is 0 Å². The average molecular weight is 296 g/mol. The minimum absolute atomic E-state index is 0.289. The molecule has 1 saturated heterocycles. The van der Waals surface area contributed by atoms with E-state index < -0.39 is 0 Å². The van der Waals surface area contributed by atoms with Crippen LogP contribution in [0.4, 0.5) is 0 Å². The Labute approximate surface area is 132 Å². The molecule has 0 radical (unpaired) electrons. The van der Waals surface area contributed by atoms with Crippen molar-refractivity contribution in [1.29, 1.82) is 0 Å². The van der Waals surface area contributed by atoms with Gasteiger partial charge in [-0.15, -0.1) is 0 Å². The van der Waals surface area contributed by atoms with E-state index in [0.29, 0.717) is 0 Å². The van der Waals surface area contributed by atoms with Gasteiger partial charge in [0.15, 0.2) is 0 Å². The molecular weight excluding hydrogens is 258 g/mol. The van der Waals surface area contributed by atoms with Crippen molar-refractivity contribution in [1.82, 2.24) is 15.1 Å². The quantitative estimate of drug-likeness (QED) is 0.787. The van der Waals surface area contributed by atoms with E-state index in [1.165, 1.54) is 64.7 Å². The Bertz CT molecular complexity index is 295. The molecule has 0 aromatic carbocycles. The van der Waals surface area contributed by atoms with Crippen molar-refractivity contribution in [2.24, 2.45) is 5.92 Å². The molecule has 21 heavy (non-hydrogen) atoms. The maximum absolute atomic E-state index is 3.90. The van der Waals surface area contributed by atoms with Crippen LogP contribution < -0.4 is 5.32 Å². The third-order valence-corrected chi connectivity index (χ3v) is 5.85. The summed E-state index contributed by atoms with van der Waals surface area (Å²) in [6.45, 7) is 13.2. The summed E-state index contributed by atoms with van der Waals surface area (Å²) in [5.41, 5.74) is 0.289. The van der Waals surface area contributed by atoms with Gasteiger partial charge in [-0.3, -0.25) is 4.90 Å². The third-order valence-electron chi connectivity index (χ3n) is 5.85. The average Bonchev–Trinajstić information content (AvgIpc) is 2.71. The Morgan fingerprint density at radius 3 is 2.38 bits per heavy atom. The summed E-state index contributed by atoms with van der Waals surface area (Å²) in [4.78, 5) is 5.11. The lowest BCUT2D eigenvalue weighted by molar-refractivity contribution is 0.0597. The molecule has 3 heteroatoms. The first-order valence-corrected chi connectivity index (χ1v) is 9.18. The van der Waals surface area contributed by atoms with Crippen molar-refractivity contribution >= 4 is 0 Å². The molecular formula is C18H37N3. The van der Waals surface area contributed by atoms with E-state index in [4.69, 9.17) is 0 Å². The van der Waals surface area contributed by atoms with Gasteiger partial charge in [0.1, 0.15) is 0 Å². The van der Waals surface area contributed by atoms with Gasteiger partial charge in [0.25, 0.3) is 0 Å². The summed E-state index contributed by atoms with van der Waals surface area (Å²) in [7, 11) is 2.23. The first kappa shape index (κ1) is 17.2. The monoisotopic (exact) mass is 295 g/mol. The lowest BCUT2D eigenvalue weighted by Gasteiger charge is -2.44. The van der Waals surface area contributed by atoms with Gasteiger partial charge in [-0.25, -0.2) is 0 Å². The molecule has 124 valence electrons. The molecule has 1 aliphatic heterocycles. The van der Waals surface area contributed by atoms with Gasteiger partial charge in [-0.2, -0.15) is 0 Å². The maximum Gasteiger partial charge on any atom is 0.0278 e. The van der Waals surface area contributed by atoms with Crippen LogP contribution in [0.15, 0.2) is 0 Å². The van der Waals surface area contributed by atoms with Crippen LogP contribution in [0.2, 0.25) is 0 Å². The summed E-state index contributed by atoms with van der Waals surface area (Å²) in [6.07, 6.45) is 8.46. The number of likely N-dealkylation sites (N-methyl/N-ethyl adjacent to an activating group) is 1. The van der Waals surface area contributed by atoms with E-state index in [9.17, 15) is 0 Å². The van der Waals surface area contributed by atoms with Gasteiger partial charge in [-0.05, 0) is 46.1 Å². The minimum atomic E-state index is 0.289. The second-order valence-corrected chi connectivity index (χ2v) is 7.96. The molecule has 1 aliphatic carbocycles. The molecule has 2 aliphatic rings. The highest BCUT2D eigenvalue weighted by Crippen LogP contribution is 2.26. The van der Waals surface area contributed by atoms with E-state index in [-0.39, 0.29) is 5.54 Å². The molecule has 1 saturated carbocycles. The first-order chi connectivity index (χ1) is 10.0. The zero-order valence-electron chi connectivity index (χ0n) is 14.8. The van der Waals surface area contributed by atoms with Crippen molar-refractivity contribution in [3.8, 4) is 0 Å². The molecule has 3 nitrogen and oxygen atoms in total. The lowest BCUT2D eigenvalue weighted by atomic mass is 9.97. The molecule has 0 spiro atoms. The van der Waals surface area contributed by atoms with Crippen molar-refractivity contribution in [2.75, 3.05) is 39.8 Å². The number of hydrogen-bond donors (Lipinski definition) is 1. The van der Waals surface area contributed by atoms with Crippen LogP contribution in [0.3, 0.4) is 0 Å². The van der Waals surface area contributed by atoms with Crippen LogP contribution in [0.1, 0.15) is 59.3 Å². The van der Waals surface area contributed by atoms with Crippen LogP contribution in [0.5, 0.6) is 0 Å². The third kappa shape index (κ3) is 5.22. The summed E-state index contributed by atoms with van der Waals surface area (Å²) >= 11 is 0. The number of piperazine rings is 1. The number of rotatable bonds is 5. The second-order valence-electron chi connectivity index (χ2n) is 7.96. The molecule has 0 aromatic rings. The highest BCUT2D eigenvalue weighted by atomic mass is 15.3. The molecule has 2 fully saturated rings. The molecule has 2 rings (SSSR count). The Hall–Kier alpha value is -0.120. The highest BCUT2D eigenvalue weighted by molar-refractivity contribution is 4.88. The van der Waals surface area contributed by atoms with Crippen molar-refractivity contribution < 1.29 is 0 Å². The largest absolute Gasteiger partial charge is 0.312 e. The lowest BCUT2D eigenvalue weighted by Crippen LogP contribution is -2.58. The van der Waals surface area contributed by atoms with Gasteiger partial charge in [0, 0.05) is 44.3 Å². The molecule has 1 heterocycles. The molecule has 2 unspecified atom stereocenters. The maximum atomic E-state index is 3.90. The zero-order chi connectivity index (χ0) is 15.3. The number of nitrogens with zero attached hydrogens (tertiary/aromatic N) is 2. The van der Waals surface area contributed by atoms with E-state index in [1.54, 1.807) is 0 Å². The minimum Gasteiger partial charge on any atom is -0.312 e. The molecule has 0 bridgehead atoms. The smallest absolute Gasteiger partial charge is 0.0278 e. The molecule has 0 amide bonds. The van der Waals surface area contributed by atoms with E-state index >= 15 is 0 Å². The van der Waals surface area contributed by atoms with E-state index in [1.807, 2.05) is 0 Å². The Morgan fingerprint density at radius 1 is 1.00 bits per heavy atom. The normalized spacial score (nSPS) is 30.3. The standard InChI is InChI=1S/C18H37N3/c1-5-16-7-6-8-17(10-9-16)19-15-18(2,3)21-13-11-20(4)12-14-21/h16-17,19H,5-15H2,1-4H3. The molecule has 2 atom stereocenters. The van der Waals surface area contributed by atoms with Gasteiger partial charge >= 0.3 is 0 Å². The van der Waals surface area contributed by atoms with Crippen molar-refractivity contribution in [3.05, 3.63) is 0 Å². The van der Waals surface area contributed by atoms with Crippen LogP contribution in [-0.2, 0) is 0 Å². The summed E-state index contributed by atoms with van der Waals surface area (Å²) in [5, 5.41) is 3.90. The number of hydrogen-bond acceptors (Lipinski definition) is 3. The van der Waals surface area contributed by atoms with Gasteiger partial charge < -0.3 is 10.2 Å². The van der Waals surface area contributed by atoms with Crippen LogP contribution >= 0.6 is 0 Å². The van der Waals surface area contributed by atoms with Crippen molar-refractivity contribution in [2.45, 2.75) is 70.9 Å². The van der Waals surface area contributed by atoms with Gasteiger partial charge in [-0.1, -0.05) is 26.2 Å². The predicted octanol–water partition coefficient (Wildman–Crippen LogP) is 2.96. The Balaban J connectivity index is 1.75. The fourth-order valence-corrected chi connectivity index (χ4v) is 3.91. The van der Waals surface area contributed by atoms with E-state index in [0.717, 1.165) is 18.5 Å². The second kappa shape index (κ2) is 7.94.